The Balaban J connectivity index is 2.59. The second kappa shape index (κ2) is 6.48. The number of hydrogen-bond donors (Lipinski definition) is 1. The van der Waals surface area contributed by atoms with Gasteiger partial charge in [-0.1, -0.05) is 13.0 Å². The van der Waals surface area contributed by atoms with Crippen LogP contribution in [0.25, 0.3) is 0 Å². The molecule has 1 aromatic rings. The van der Waals surface area contributed by atoms with E-state index in [-0.39, 0.29) is 0 Å². The van der Waals surface area contributed by atoms with Gasteiger partial charge >= 0.3 is 0 Å². The summed E-state index contributed by atoms with van der Waals surface area (Å²) in [4.78, 5) is 6.86. The molecule has 0 amide bonds. The molecule has 0 saturated heterocycles. The molecule has 3 heteroatoms. The number of rotatable bonds is 6. The normalized spacial score (nSPS) is 11.1. The van der Waals surface area contributed by atoms with Gasteiger partial charge in [-0.05, 0) is 39.4 Å². The van der Waals surface area contributed by atoms with Gasteiger partial charge in [-0.2, -0.15) is 0 Å². The molecule has 0 spiro atoms. The summed E-state index contributed by atoms with van der Waals surface area (Å²) in [5.74, 6) is 0.983. The topological polar surface area (TPSA) is 28.2 Å². The molecule has 90 valence electrons. The van der Waals surface area contributed by atoms with Crippen molar-refractivity contribution in [3.05, 3.63) is 23.9 Å². The van der Waals surface area contributed by atoms with Crippen LogP contribution in [0.3, 0.4) is 0 Å². The molecule has 0 aliphatic rings. The molecule has 3 nitrogen and oxygen atoms in total. The molecule has 0 saturated carbocycles. The predicted molar refractivity (Wildman–Crippen MR) is 69.6 cm³/mol. The van der Waals surface area contributed by atoms with Crippen molar-refractivity contribution < 1.29 is 0 Å². The molecule has 1 aromatic heterocycles. The first kappa shape index (κ1) is 13.0. The molecule has 16 heavy (non-hydrogen) atoms. The van der Waals surface area contributed by atoms with E-state index in [1.165, 1.54) is 0 Å². The second-order valence-electron chi connectivity index (χ2n) is 4.45. The predicted octanol–water partition coefficient (Wildman–Crippen LogP) is 2.74. The Kier molecular flexibility index (Phi) is 5.26. The molecule has 0 aromatic carbocycles. The summed E-state index contributed by atoms with van der Waals surface area (Å²) in [7, 11) is 2.12. The standard InChI is InChI=1S/C13H23N3/c1-5-9-14-13-8-6-7-12(15-13)10-16(4)11(2)3/h6-8,11H,5,9-10H2,1-4H3,(H,14,15). The van der Waals surface area contributed by atoms with Crippen molar-refractivity contribution in [2.24, 2.45) is 0 Å². The molecule has 1 N–H and O–H groups in total. The Morgan fingerprint density at radius 1 is 1.38 bits per heavy atom. The number of aromatic nitrogens is 1. The van der Waals surface area contributed by atoms with Crippen LogP contribution in [-0.4, -0.2) is 29.5 Å². The lowest BCUT2D eigenvalue weighted by molar-refractivity contribution is 0.263. The molecule has 0 radical (unpaired) electrons. The summed E-state index contributed by atoms with van der Waals surface area (Å²) in [5, 5.41) is 3.31. The highest BCUT2D eigenvalue weighted by molar-refractivity contribution is 5.35. The zero-order valence-electron chi connectivity index (χ0n) is 10.8. The van der Waals surface area contributed by atoms with Crippen LogP contribution < -0.4 is 5.32 Å². The molecule has 0 fully saturated rings. The van der Waals surface area contributed by atoms with Gasteiger partial charge in [0.25, 0.3) is 0 Å². The van der Waals surface area contributed by atoms with E-state index in [1.54, 1.807) is 0 Å². The fraction of sp³-hybridized carbons (Fsp3) is 0.615. The quantitative estimate of drug-likeness (QED) is 0.800. The van der Waals surface area contributed by atoms with Crippen LogP contribution in [-0.2, 0) is 6.54 Å². The maximum absolute atomic E-state index is 4.58. The molecule has 0 bridgehead atoms. The first-order valence-corrected chi connectivity index (χ1v) is 6.03. The zero-order valence-corrected chi connectivity index (χ0v) is 10.8. The van der Waals surface area contributed by atoms with Crippen molar-refractivity contribution in [2.75, 3.05) is 18.9 Å². The molecule has 0 aliphatic carbocycles. The lowest BCUT2D eigenvalue weighted by Crippen LogP contribution is -2.26. The Bertz CT molecular complexity index is 310. The summed E-state index contributed by atoms with van der Waals surface area (Å²) in [6.45, 7) is 8.43. The van der Waals surface area contributed by atoms with Crippen LogP contribution in [0.5, 0.6) is 0 Å². The van der Waals surface area contributed by atoms with Crippen molar-refractivity contribution in [3.63, 3.8) is 0 Å². The molecular formula is C13H23N3. The van der Waals surface area contributed by atoms with Crippen molar-refractivity contribution in [1.82, 2.24) is 9.88 Å². The highest BCUT2D eigenvalue weighted by Gasteiger charge is 2.05. The number of nitrogens with zero attached hydrogens (tertiary/aromatic N) is 2. The molecule has 1 rings (SSSR count). The number of anilines is 1. The summed E-state index contributed by atoms with van der Waals surface area (Å²) >= 11 is 0. The van der Waals surface area contributed by atoms with Crippen LogP contribution in [0.15, 0.2) is 18.2 Å². The minimum Gasteiger partial charge on any atom is -0.370 e. The molecular weight excluding hydrogens is 198 g/mol. The monoisotopic (exact) mass is 221 g/mol. The Morgan fingerprint density at radius 3 is 2.75 bits per heavy atom. The Morgan fingerprint density at radius 2 is 2.12 bits per heavy atom. The Labute approximate surface area is 98.9 Å². The lowest BCUT2D eigenvalue weighted by atomic mass is 10.3. The maximum atomic E-state index is 4.58. The van der Waals surface area contributed by atoms with Crippen LogP contribution in [0.2, 0.25) is 0 Å². The summed E-state index contributed by atoms with van der Waals surface area (Å²) in [5.41, 5.74) is 1.12. The highest BCUT2D eigenvalue weighted by Crippen LogP contribution is 2.08. The van der Waals surface area contributed by atoms with Crippen LogP contribution in [0.1, 0.15) is 32.9 Å². The van der Waals surface area contributed by atoms with Gasteiger partial charge in [0.15, 0.2) is 0 Å². The van der Waals surface area contributed by atoms with E-state index in [2.05, 4.69) is 55.2 Å². The van der Waals surface area contributed by atoms with Gasteiger partial charge in [-0.3, -0.25) is 4.90 Å². The maximum Gasteiger partial charge on any atom is 0.126 e. The van der Waals surface area contributed by atoms with Crippen molar-refractivity contribution >= 4 is 5.82 Å². The molecule has 1 heterocycles. The van der Waals surface area contributed by atoms with E-state index in [1.807, 2.05) is 6.07 Å². The molecule has 0 aliphatic heterocycles. The largest absolute Gasteiger partial charge is 0.370 e. The van der Waals surface area contributed by atoms with E-state index >= 15 is 0 Å². The first-order chi connectivity index (χ1) is 7.63. The van der Waals surface area contributed by atoms with Crippen molar-refractivity contribution in [2.45, 2.75) is 39.8 Å². The van der Waals surface area contributed by atoms with Gasteiger partial charge in [0.2, 0.25) is 0 Å². The third kappa shape index (κ3) is 4.19. The van der Waals surface area contributed by atoms with Gasteiger partial charge in [0.05, 0.1) is 5.69 Å². The van der Waals surface area contributed by atoms with E-state index in [0.717, 1.165) is 31.0 Å². The van der Waals surface area contributed by atoms with Gasteiger partial charge < -0.3 is 5.32 Å². The summed E-state index contributed by atoms with van der Waals surface area (Å²) < 4.78 is 0. The SMILES string of the molecule is CCCNc1cccc(CN(C)C(C)C)n1. The van der Waals surface area contributed by atoms with Crippen molar-refractivity contribution in [3.8, 4) is 0 Å². The van der Waals surface area contributed by atoms with Gasteiger partial charge in [0, 0.05) is 19.1 Å². The summed E-state index contributed by atoms with van der Waals surface area (Å²) in [6, 6.07) is 6.72. The van der Waals surface area contributed by atoms with Crippen molar-refractivity contribution in [1.29, 1.82) is 0 Å². The van der Waals surface area contributed by atoms with Crippen LogP contribution in [0.4, 0.5) is 5.82 Å². The van der Waals surface area contributed by atoms with Crippen LogP contribution >= 0.6 is 0 Å². The minimum atomic E-state index is 0.550. The Hall–Kier alpha value is -1.09. The molecule has 0 atom stereocenters. The van der Waals surface area contributed by atoms with E-state index in [4.69, 9.17) is 0 Å². The number of pyridine rings is 1. The average Bonchev–Trinajstić information content (AvgIpc) is 2.26. The minimum absolute atomic E-state index is 0.550. The van der Waals surface area contributed by atoms with Crippen LogP contribution in [0, 0.1) is 0 Å². The number of nitrogens with one attached hydrogen (secondary N) is 1. The molecule has 0 unspecified atom stereocenters. The van der Waals surface area contributed by atoms with E-state index < -0.39 is 0 Å². The summed E-state index contributed by atoms with van der Waals surface area (Å²) in [6.07, 6.45) is 1.12. The van der Waals surface area contributed by atoms with E-state index in [0.29, 0.717) is 6.04 Å². The van der Waals surface area contributed by atoms with Gasteiger partial charge in [0.1, 0.15) is 5.82 Å². The third-order valence-electron chi connectivity index (χ3n) is 2.66. The average molecular weight is 221 g/mol. The first-order valence-electron chi connectivity index (χ1n) is 6.03. The smallest absolute Gasteiger partial charge is 0.126 e. The van der Waals surface area contributed by atoms with E-state index in [9.17, 15) is 0 Å². The second-order valence-corrected chi connectivity index (χ2v) is 4.45. The van der Waals surface area contributed by atoms with Gasteiger partial charge in [-0.25, -0.2) is 4.98 Å². The fourth-order valence-corrected chi connectivity index (χ4v) is 1.36. The zero-order chi connectivity index (χ0) is 12.0. The highest BCUT2D eigenvalue weighted by atomic mass is 15.1. The van der Waals surface area contributed by atoms with Gasteiger partial charge in [-0.15, -0.1) is 0 Å². The lowest BCUT2D eigenvalue weighted by Gasteiger charge is -2.20. The fourth-order valence-electron chi connectivity index (χ4n) is 1.36. The third-order valence-corrected chi connectivity index (χ3v) is 2.66. The number of hydrogen-bond acceptors (Lipinski definition) is 3.